The van der Waals surface area contributed by atoms with Gasteiger partial charge in [0.15, 0.2) is 5.76 Å². The Hall–Kier alpha value is -3.11. The number of benzene rings is 1. The van der Waals surface area contributed by atoms with Gasteiger partial charge in [-0.2, -0.15) is 0 Å². The van der Waals surface area contributed by atoms with Crippen LogP contribution in [0.3, 0.4) is 0 Å². The van der Waals surface area contributed by atoms with Crippen LogP contribution < -0.4 is 20.7 Å². The summed E-state index contributed by atoms with van der Waals surface area (Å²) >= 11 is 0. The molecule has 10 nitrogen and oxygen atoms in total. The molecule has 10 heteroatoms. The number of aliphatic hydroxyl groups is 1. The number of carbonyl (C=O) groups is 2. The number of hydrogen-bond donors (Lipinski definition) is 4. The van der Waals surface area contributed by atoms with E-state index in [4.69, 9.17) is 9.26 Å². The first-order valence-electron chi connectivity index (χ1n) is 10.6. The third-order valence-corrected chi connectivity index (χ3v) is 5.60. The zero-order valence-electron chi connectivity index (χ0n) is 19.1. The second-order valence-corrected chi connectivity index (χ2v) is 8.17. The summed E-state index contributed by atoms with van der Waals surface area (Å²) < 4.78 is 11.2. The number of nitrogens with one attached hydrogen (secondary N) is 3. The largest absolute Gasteiger partial charge is 0.488 e. The predicted octanol–water partition coefficient (Wildman–Crippen LogP) is 2.37. The smallest absolute Gasteiger partial charge is 0.323 e. The minimum absolute atomic E-state index is 0.0483. The Morgan fingerprint density at radius 2 is 2.09 bits per heavy atom. The van der Waals surface area contributed by atoms with Gasteiger partial charge in [-0.1, -0.05) is 12.1 Å². The van der Waals surface area contributed by atoms with Crippen molar-refractivity contribution in [3.8, 4) is 5.75 Å². The third-order valence-electron chi connectivity index (χ3n) is 5.60. The fourth-order valence-electron chi connectivity index (χ4n) is 3.68. The standard InChI is InChI=1S/C22H31N5O5/c1-12-10-27(13(2)11-28)21(29)17-8-16(6-7-18(17)31-19(12)9-23-5)24-22(30)25-20-14(3)26-32-15(20)4/h6-8,12-13,19,23,28H,9-11H2,1-5H3,(H2,24,25,30)/t12-,13-,19-/m1/s1. The second kappa shape index (κ2) is 10.0. The van der Waals surface area contributed by atoms with Crippen LogP contribution in [0.15, 0.2) is 22.7 Å². The molecular weight excluding hydrogens is 414 g/mol. The van der Waals surface area contributed by atoms with Crippen LogP contribution in [-0.4, -0.2) is 66.0 Å². The summed E-state index contributed by atoms with van der Waals surface area (Å²) in [5.74, 6) is 0.727. The zero-order valence-corrected chi connectivity index (χ0v) is 19.1. The van der Waals surface area contributed by atoms with E-state index in [9.17, 15) is 14.7 Å². The molecule has 0 fully saturated rings. The highest BCUT2D eigenvalue weighted by molar-refractivity contribution is 6.03. The molecule has 4 N–H and O–H groups in total. The van der Waals surface area contributed by atoms with Crippen molar-refractivity contribution in [3.05, 3.63) is 35.2 Å². The molecule has 0 saturated carbocycles. The van der Waals surface area contributed by atoms with Gasteiger partial charge in [-0.05, 0) is 46.0 Å². The predicted molar refractivity (Wildman–Crippen MR) is 120 cm³/mol. The molecule has 3 rings (SSSR count). The molecule has 0 unspecified atom stereocenters. The summed E-state index contributed by atoms with van der Waals surface area (Å²) in [6, 6.07) is 4.11. The van der Waals surface area contributed by atoms with Crippen LogP contribution in [0.5, 0.6) is 5.75 Å². The average molecular weight is 446 g/mol. The van der Waals surface area contributed by atoms with Crippen molar-refractivity contribution in [2.45, 2.75) is 39.8 Å². The Kier molecular flexibility index (Phi) is 7.37. The quantitative estimate of drug-likeness (QED) is 0.537. The van der Waals surface area contributed by atoms with E-state index in [0.29, 0.717) is 47.2 Å². The molecule has 0 saturated heterocycles. The molecule has 0 aliphatic carbocycles. The fourth-order valence-corrected chi connectivity index (χ4v) is 3.68. The van der Waals surface area contributed by atoms with Gasteiger partial charge in [0.25, 0.3) is 5.91 Å². The summed E-state index contributed by atoms with van der Waals surface area (Å²) in [6.07, 6.45) is -0.165. The van der Waals surface area contributed by atoms with Gasteiger partial charge in [-0.15, -0.1) is 0 Å². The molecule has 174 valence electrons. The number of likely N-dealkylation sites (N-methyl/N-ethyl adjacent to an activating group) is 1. The first kappa shape index (κ1) is 23.6. The van der Waals surface area contributed by atoms with E-state index in [1.54, 1.807) is 43.9 Å². The second-order valence-electron chi connectivity index (χ2n) is 8.17. The molecule has 3 atom stereocenters. The summed E-state index contributed by atoms with van der Waals surface area (Å²) in [5.41, 5.74) is 1.83. The average Bonchev–Trinajstić information content (AvgIpc) is 3.08. The summed E-state index contributed by atoms with van der Waals surface area (Å²) in [5, 5.41) is 22.1. The highest BCUT2D eigenvalue weighted by Gasteiger charge is 2.32. The Labute approximate surface area is 187 Å². The van der Waals surface area contributed by atoms with Crippen LogP contribution in [-0.2, 0) is 0 Å². The molecule has 1 aliphatic heterocycles. The molecule has 2 heterocycles. The van der Waals surface area contributed by atoms with E-state index in [2.05, 4.69) is 21.1 Å². The fraction of sp³-hybridized carbons (Fsp3) is 0.500. The first-order chi connectivity index (χ1) is 15.2. The van der Waals surface area contributed by atoms with Crippen LogP contribution in [0, 0.1) is 19.8 Å². The Morgan fingerprint density at radius 1 is 1.34 bits per heavy atom. The number of urea groups is 1. The monoisotopic (exact) mass is 445 g/mol. The lowest BCUT2D eigenvalue weighted by atomic mass is 9.99. The number of amides is 3. The maximum Gasteiger partial charge on any atom is 0.323 e. The number of aromatic nitrogens is 1. The lowest BCUT2D eigenvalue weighted by Gasteiger charge is -2.37. The van der Waals surface area contributed by atoms with Crippen molar-refractivity contribution < 1.29 is 24.0 Å². The van der Waals surface area contributed by atoms with Gasteiger partial charge in [0.2, 0.25) is 0 Å². The van der Waals surface area contributed by atoms with Gasteiger partial charge in [-0.25, -0.2) is 4.79 Å². The highest BCUT2D eigenvalue weighted by atomic mass is 16.5. The van der Waals surface area contributed by atoms with Crippen LogP contribution >= 0.6 is 0 Å². The lowest BCUT2D eigenvalue weighted by molar-refractivity contribution is 0.0416. The lowest BCUT2D eigenvalue weighted by Crippen LogP contribution is -2.49. The molecule has 1 aromatic carbocycles. The van der Waals surface area contributed by atoms with Crippen molar-refractivity contribution in [2.75, 3.05) is 37.4 Å². The molecule has 0 bridgehead atoms. The Morgan fingerprint density at radius 3 is 2.72 bits per heavy atom. The number of rotatable bonds is 6. The van der Waals surface area contributed by atoms with E-state index < -0.39 is 6.03 Å². The zero-order chi connectivity index (χ0) is 23.4. The normalized spacial score (nSPS) is 19.4. The van der Waals surface area contributed by atoms with Gasteiger partial charge >= 0.3 is 6.03 Å². The van der Waals surface area contributed by atoms with Crippen LogP contribution in [0.1, 0.15) is 35.7 Å². The minimum atomic E-state index is -0.485. The number of hydrogen-bond acceptors (Lipinski definition) is 7. The number of aryl methyl sites for hydroxylation is 2. The van der Waals surface area contributed by atoms with E-state index in [0.717, 1.165) is 0 Å². The number of nitrogens with zero attached hydrogens (tertiary/aromatic N) is 2. The van der Waals surface area contributed by atoms with E-state index in [1.807, 2.05) is 14.0 Å². The van der Waals surface area contributed by atoms with Gasteiger partial charge in [-0.3, -0.25) is 4.79 Å². The van der Waals surface area contributed by atoms with Gasteiger partial charge < -0.3 is 35.2 Å². The van der Waals surface area contributed by atoms with E-state index in [-0.39, 0.29) is 30.6 Å². The number of anilines is 2. The highest BCUT2D eigenvalue weighted by Crippen LogP contribution is 2.30. The van der Waals surface area contributed by atoms with Crippen molar-refractivity contribution >= 4 is 23.3 Å². The first-order valence-corrected chi connectivity index (χ1v) is 10.6. The number of aliphatic hydroxyl groups excluding tert-OH is 1. The topological polar surface area (TPSA) is 129 Å². The molecule has 0 radical (unpaired) electrons. The maximum atomic E-state index is 13.4. The van der Waals surface area contributed by atoms with Gasteiger partial charge in [0.05, 0.1) is 18.2 Å². The number of ether oxygens (including phenoxy) is 1. The maximum absolute atomic E-state index is 13.4. The molecule has 3 amide bonds. The Bertz CT molecular complexity index is 956. The SMILES string of the molecule is CNC[C@H]1Oc2ccc(NC(=O)Nc3c(C)noc3C)cc2C(=O)N([C@H](C)CO)C[C@H]1C. The van der Waals surface area contributed by atoms with E-state index >= 15 is 0 Å². The van der Waals surface area contributed by atoms with E-state index in [1.165, 1.54) is 0 Å². The van der Waals surface area contributed by atoms with Crippen LogP contribution in [0.2, 0.25) is 0 Å². The summed E-state index contributed by atoms with van der Waals surface area (Å²) in [6.45, 7) is 8.16. The molecule has 2 aromatic rings. The summed E-state index contributed by atoms with van der Waals surface area (Å²) in [4.78, 5) is 27.5. The van der Waals surface area contributed by atoms with Crippen LogP contribution in [0.25, 0.3) is 0 Å². The molecule has 1 aromatic heterocycles. The number of fused-ring (bicyclic) bond motifs is 1. The van der Waals surface area contributed by atoms with Crippen LogP contribution in [0.4, 0.5) is 16.2 Å². The molecule has 1 aliphatic rings. The molecular formula is C22H31N5O5. The number of carbonyl (C=O) groups excluding carboxylic acids is 2. The minimum Gasteiger partial charge on any atom is -0.488 e. The van der Waals surface area contributed by atoms with Gasteiger partial charge in [0, 0.05) is 24.7 Å². The Balaban J connectivity index is 1.89. The molecule has 32 heavy (non-hydrogen) atoms. The molecule has 0 spiro atoms. The van der Waals surface area contributed by atoms with Crippen molar-refractivity contribution in [2.24, 2.45) is 5.92 Å². The van der Waals surface area contributed by atoms with Crippen molar-refractivity contribution in [3.63, 3.8) is 0 Å². The third kappa shape index (κ3) is 5.03. The summed E-state index contributed by atoms with van der Waals surface area (Å²) in [7, 11) is 1.85. The van der Waals surface area contributed by atoms with Crippen molar-refractivity contribution in [1.29, 1.82) is 0 Å². The van der Waals surface area contributed by atoms with Crippen molar-refractivity contribution in [1.82, 2.24) is 15.4 Å². The van der Waals surface area contributed by atoms with Gasteiger partial charge in [0.1, 0.15) is 23.2 Å².